The van der Waals surface area contributed by atoms with E-state index in [-0.39, 0.29) is 12.0 Å². The van der Waals surface area contributed by atoms with Crippen molar-refractivity contribution in [3.8, 4) is 0 Å². The molecular weight excluding hydrogens is 306 g/mol. The molecule has 3 heterocycles. The second-order valence-corrected chi connectivity index (χ2v) is 6.67. The standard InChI is InChI=1S/C17H27N5O2/c1-13-18-15(16-12-20(3)9-10-24-16)11-17(19-13)22-6-4-5-21(7-8-22)14(2)23/h11,16H,4-10,12H2,1-3H3/t16-/m0/s1. The molecular formula is C17H27N5O2. The first kappa shape index (κ1) is 17.1. The van der Waals surface area contributed by atoms with Gasteiger partial charge in [0.15, 0.2) is 0 Å². The summed E-state index contributed by atoms with van der Waals surface area (Å²) in [7, 11) is 2.11. The van der Waals surface area contributed by atoms with Gasteiger partial charge in [-0.3, -0.25) is 4.79 Å². The van der Waals surface area contributed by atoms with Crippen LogP contribution in [0.5, 0.6) is 0 Å². The van der Waals surface area contributed by atoms with E-state index in [1.807, 2.05) is 11.8 Å². The van der Waals surface area contributed by atoms with Crippen molar-refractivity contribution in [1.82, 2.24) is 19.8 Å². The number of aryl methyl sites for hydroxylation is 1. The smallest absolute Gasteiger partial charge is 0.219 e. The number of ether oxygens (including phenoxy) is 1. The van der Waals surface area contributed by atoms with Gasteiger partial charge in [-0.15, -0.1) is 0 Å². The summed E-state index contributed by atoms with van der Waals surface area (Å²) < 4.78 is 5.90. The summed E-state index contributed by atoms with van der Waals surface area (Å²) in [6.45, 7) is 9.39. The van der Waals surface area contributed by atoms with Crippen LogP contribution in [-0.2, 0) is 9.53 Å². The highest BCUT2D eigenvalue weighted by molar-refractivity contribution is 5.73. The third kappa shape index (κ3) is 4.02. The highest BCUT2D eigenvalue weighted by Gasteiger charge is 2.24. The SMILES string of the molecule is CC(=O)N1CCCN(c2cc([C@@H]3CN(C)CCO3)nc(C)n2)CC1. The van der Waals surface area contributed by atoms with Crippen LogP contribution < -0.4 is 4.90 Å². The van der Waals surface area contributed by atoms with E-state index in [0.717, 1.165) is 69.6 Å². The fourth-order valence-corrected chi connectivity index (χ4v) is 3.32. The molecule has 2 aliphatic heterocycles. The molecule has 1 aromatic rings. The van der Waals surface area contributed by atoms with Gasteiger partial charge in [0.2, 0.25) is 5.91 Å². The third-order valence-corrected chi connectivity index (χ3v) is 4.71. The molecule has 2 aliphatic rings. The van der Waals surface area contributed by atoms with Crippen LogP contribution in [0.4, 0.5) is 5.82 Å². The minimum absolute atomic E-state index is 0.00453. The predicted molar refractivity (Wildman–Crippen MR) is 92.0 cm³/mol. The fourth-order valence-electron chi connectivity index (χ4n) is 3.32. The van der Waals surface area contributed by atoms with Crippen LogP contribution in [0.25, 0.3) is 0 Å². The van der Waals surface area contributed by atoms with E-state index < -0.39 is 0 Å². The average Bonchev–Trinajstić information content (AvgIpc) is 2.80. The molecule has 0 N–H and O–H groups in total. The maximum atomic E-state index is 11.6. The second kappa shape index (κ2) is 7.44. The van der Waals surface area contributed by atoms with Crippen molar-refractivity contribution in [2.45, 2.75) is 26.4 Å². The molecule has 7 heteroatoms. The number of rotatable bonds is 2. The number of likely N-dealkylation sites (N-methyl/N-ethyl adjacent to an activating group) is 1. The summed E-state index contributed by atoms with van der Waals surface area (Å²) in [5.74, 6) is 1.86. The van der Waals surface area contributed by atoms with Crippen molar-refractivity contribution in [2.75, 3.05) is 57.8 Å². The third-order valence-electron chi connectivity index (χ3n) is 4.71. The minimum Gasteiger partial charge on any atom is -0.369 e. The zero-order valence-corrected chi connectivity index (χ0v) is 14.9. The number of aromatic nitrogens is 2. The van der Waals surface area contributed by atoms with Crippen LogP contribution in [0.2, 0.25) is 0 Å². The molecule has 0 aliphatic carbocycles. The summed E-state index contributed by atoms with van der Waals surface area (Å²) in [4.78, 5) is 27.3. The average molecular weight is 333 g/mol. The van der Waals surface area contributed by atoms with Crippen molar-refractivity contribution < 1.29 is 9.53 Å². The largest absolute Gasteiger partial charge is 0.369 e. The van der Waals surface area contributed by atoms with E-state index in [1.54, 1.807) is 6.92 Å². The van der Waals surface area contributed by atoms with E-state index in [9.17, 15) is 4.79 Å². The molecule has 0 radical (unpaired) electrons. The second-order valence-electron chi connectivity index (χ2n) is 6.67. The van der Waals surface area contributed by atoms with Gasteiger partial charge in [-0.2, -0.15) is 0 Å². The van der Waals surface area contributed by atoms with Gasteiger partial charge >= 0.3 is 0 Å². The first-order valence-corrected chi connectivity index (χ1v) is 8.69. The first-order valence-electron chi connectivity index (χ1n) is 8.69. The molecule has 24 heavy (non-hydrogen) atoms. The molecule has 0 spiro atoms. The highest BCUT2D eigenvalue weighted by atomic mass is 16.5. The van der Waals surface area contributed by atoms with Crippen LogP contribution in [0.3, 0.4) is 0 Å². The molecule has 1 amide bonds. The normalized spacial score (nSPS) is 23.2. The number of carbonyl (C=O) groups excluding carboxylic acids is 1. The van der Waals surface area contributed by atoms with Crippen molar-refractivity contribution in [1.29, 1.82) is 0 Å². The molecule has 0 saturated carbocycles. The van der Waals surface area contributed by atoms with Crippen LogP contribution in [0, 0.1) is 6.92 Å². The van der Waals surface area contributed by atoms with E-state index in [2.05, 4.69) is 32.9 Å². The molecule has 132 valence electrons. The topological polar surface area (TPSA) is 61.8 Å². The van der Waals surface area contributed by atoms with E-state index >= 15 is 0 Å². The predicted octanol–water partition coefficient (Wildman–Crippen LogP) is 0.847. The highest BCUT2D eigenvalue weighted by Crippen LogP contribution is 2.24. The number of anilines is 1. The molecule has 0 aromatic carbocycles. The number of nitrogens with zero attached hydrogens (tertiary/aromatic N) is 5. The number of carbonyl (C=O) groups is 1. The van der Waals surface area contributed by atoms with Crippen molar-refractivity contribution in [2.24, 2.45) is 0 Å². The Morgan fingerprint density at radius 1 is 1.21 bits per heavy atom. The lowest BCUT2D eigenvalue weighted by atomic mass is 10.2. The molecule has 3 rings (SSSR count). The fraction of sp³-hybridized carbons (Fsp3) is 0.706. The first-order chi connectivity index (χ1) is 11.5. The Morgan fingerprint density at radius 2 is 2.04 bits per heavy atom. The number of amides is 1. The van der Waals surface area contributed by atoms with Crippen molar-refractivity contribution in [3.05, 3.63) is 17.6 Å². The van der Waals surface area contributed by atoms with Crippen LogP contribution >= 0.6 is 0 Å². The summed E-state index contributed by atoms with van der Waals surface area (Å²) >= 11 is 0. The Bertz CT molecular complexity index is 594. The van der Waals surface area contributed by atoms with Gasteiger partial charge in [0.05, 0.1) is 12.3 Å². The number of morpholine rings is 1. The molecule has 2 fully saturated rings. The van der Waals surface area contributed by atoms with Gasteiger partial charge in [0.1, 0.15) is 17.7 Å². The molecule has 0 unspecified atom stereocenters. The van der Waals surface area contributed by atoms with Crippen LogP contribution in [-0.4, -0.2) is 78.6 Å². The Kier molecular flexibility index (Phi) is 5.30. The van der Waals surface area contributed by atoms with Gasteiger partial charge in [-0.1, -0.05) is 0 Å². The van der Waals surface area contributed by atoms with Crippen molar-refractivity contribution in [3.63, 3.8) is 0 Å². The van der Waals surface area contributed by atoms with Gasteiger partial charge in [0, 0.05) is 52.3 Å². The van der Waals surface area contributed by atoms with Gasteiger partial charge in [-0.05, 0) is 20.4 Å². The summed E-state index contributed by atoms with van der Waals surface area (Å²) in [5, 5.41) is 0. The Morgan fingerprint density at radius 3 is 2.79 bits per heavy atom. The quantitative estimate of drug-likeness (QED) is 0.799. The Labute approximate surface area is 143 Å². The van der Waals surface area contributed by atoms with Gasteiger partial charge in [-0.25, -0.2) is 9.97 Å². The zero-order valence-electron chi connectivity index (χ0n) is 14.9. The van der Waals surface area contributed by atoms with Crippen molar-refractivity contribution >= 4 is 11.7 Å². The maximum absolute atomic E-state index is 11.6. The van der Waals surface area contributed by atoms with Gasteiger partial charge in [0.25, 0.3) is 0 Å². The summed E-state index contributed by atoms with van der Waals surface area (Å²) in [5.41, 5.74) is 0.955. The van der Waals surface area contributed by atoms with Crippen LogP contribution in [0.15, 0.2) is 6.07 Å². The Balaban J connectivity index is 1.77. The molecule has 2 saturated heterocycles. The zero-order chi connectivity index (χ0) is 17.1. The van der Waals surface area contributed by atoms with Gasteiger partial charge < -0.3 is 19.4 Å². The lowest BCUT2D eigenvalue weighted by molar-refractivity contribution is -0.128. The lowest BCUT2D eigenvalue weighted by Gasteiger charge is -2.30. The lowest BCUT2D eigenvalue weighted by Crippen LogP contribution is -2.36. The van der Waals surface area contributed by atoms with E-state index in [0.29, 0.717) is 0 Å². The van der Waals surface area contributed by atoms with E-state index in [1.165, 1.54) is 0 Å². The number of hydrogen-bond donors (Lipinski definition) is 0. The maximum Gasteiger partial charge on any atom is 0.219 e. The summed E-state index contributed by atoms with van der Waals surface area (Å²) in [6.07, 6.45) is 0.963. The van der Waals surface area contributed by atoms with Crippen LogP contribution in [0.1, 0.15) is 31.0 Å². The number of hydrogen-bond acceptors (Lipinski definition) is 6. The molecule has 0 bridgehead atoms. The molecule has 1 atom stereocenters. The monoisotopic (exact) mass is 333 g/mol. The minimum atomic E-state index is 0.00453. The Hall–Kier alpha value is -1.73. The molecule has 7 nitrogen and oxygen atoms in total. The summed E-state index contributed by atoms with van der Waals surface area (Å²) in [6, 6.07) is 2.06. The molecule has 1 aromatic heterocycles. The van der Waals surface area contributed by atoms with E-state index in [4.69, 9.17) is 4.74 Å².